The summed E-state index contributed by atoms with van der Waals surface area (Å²) in [7, 11) is 0. The van der Waals surface area contributed by atoms with Gasteiger partial charge in [-0.1, -0.05) is 24.1 Å². The molecule has 2 fully saturated rings. The van der Waals surface area contributed by atoms with Crippen LogP contribution < -0.4 is 5.32 Å². The average Bonchev–Trinajstić information content (AvgIpc) is 3.35. The van der Waals surface area contributed by atoms with E-state index in [4.69, 9.17) is 11.6 Å². The van der Waals surface area contributed by atoms with Crippen molar-refractivity contribution in [3.05, 3.63) is 56.7 Å². The first-order valence-electron chi connectivity index (χ1n) is 9.80. The van der Waals surface area contributed by atoms with Gasteiger partial charge in [0.2, 0.25) is 0 Å². The summed E-state index contributed by atoms with van der Waals surface area (Å²) in [5.41, 5.74) is -0.145. The summed E-state index contributed by atoms with van der Waals surface area (Å²) in [5.74, 6) is -0.572. The predicted octanol–water partition coefficient (Wildman–Crippen LogP) is 6.33. The largest absolute Gasteiger partial charge is 0.417 e. The Labute approximate surface area is 189 Å². The van der Waals surface area contributed by atoms with Crippen LogP contribution in [0.15, 0.2) is 35.0 Å². The third-order valence-electron chi connectivity index (χ3n) is 6.02. The van der Waals surface area contributed by atoms with E-state index in [1.165, 1.54) is 25.0 Å². The molecule has 9 heteroatoms. The van der Waals surface area contributed by atoms with Crippen molar-refractivity contribution >= 4 is 41.3 Å². The van der Waals surface area contributed by atoms with Crippen molar-refractivity contribution in [1.82, 2.24) is 10.2 Å². The van der Waals surface area contributed by atoms with Crippen molar-refractivity contribution in [2.75, 3.05) is 6.54 Å². The second kappa shape index (κ2) is 9.47. The van der Waals surface area contributed by atoms with E-state index in [1.54, 1.807) is 11.3 Å². The van der Waals surface area contributed by atoms with E-state index < -0.39 is 22.7 Å². The minimum absolute atomic E-state index is 0. The highest BCUT2D eigenvalue weighted by molar-refractivity contribution is 7.08. The zero-order valence-electron chi connectivity index (χ0n) is 16.1. The van der Waals surface area contributed by atoms with Crippen molar-refractivity contribution in [1.29, 1.82) is 0 Å². The van der Waals surface area contributed by atoms with Crippen LogP contribution in [-0.4, -0.2) is 29.4 Å². The van der Waals surface area contributed by atoms with Crippen molar-refractivity contribution in [3.63, 3.8) is 0 Å². The summed E-state index contributed by atoms with van der Waals surface area (Å²) in [6.07, 6.45) is 0.972. The molecule has 30 heavy (non-hydrogen) atoms. The number of alkyl halides is 3. The van der Waals surface area contributed by atoms with E-state index in [1.807, 2.05) is 16.8 Å². The van der Waals surface area contributed by atoms with E-state index in [0.29, 0.717) is 6.04 Å². The number of hydrogen-bond donors (Lipinski definition) is 1. The van der Waals surface area contributed by atoms with E-state index >= 15 is 0 Å². The Hall–Kier alpha value is -1.28. The van der Waals surface area contributed by atoms with Crippen LogP contribution >= 0.6 is 35.3 Å². The molecule has 1 aromatic heterocycles. The smallest absolute Gasteiger partial charge is 0.344 e. The van der Waals surface area contributed by atoms with E-state index in [-0.39, 0.29) is 30.1 Å². The quantitative estimate of drug-likeness (QED) is 0.556. The fourth-order valence-corrected chi connectivity index (χ4v) is 5.67. The number of piperidine rings is 1. The summed E-state index contributed by atoms with van der Waals surface area (Å²) in [6.45, 7) is 0.996. The molecule has 4 rings (SSSR count). The number of rotatable bonds is 4. The Kier molecular flexibility index (Phi) is 7.38. The number of fused-ring (bicyclic) bond motifs is 1. The summed E-state index contributed by atoms with van der Waals surface area (Å²) in [6, 6.07) is 5.83. The molecule has 3 atom stereocenters. The maximum atomic E-state index is 13.2. The number of hydrogen-bond acceptors (Lipinski definition) is 3. The van der Waals surface area contributed by atoms with Crippen LogP contribution in [0.25, 0.3) is 0 Å². The Bertz CT molecular complexity index is 876. The first-order valence-corrected chi connectivity index (χ1v) is 11.1. The van der Waals surface area contributed by atoms with Gasteiger partial charge in [0.1, 0.15) is 0 Å². The maximum Gasteiger partial charge on any atom is 0.417 e. The average molecular weight is 479 g/mol. The number of carbonyl (C=O) groups is 1. The van der Waals surface area contributed by atoms with Gasteiger partial charge in [-0.3, -0.25) is 9.69 Å². The van der Waals surface area contributed by atoms with Gasteiger partial charge in [0.05, 0.1) is 22.2 Å². The highest BCUT2D eigenvalue weighted by Gasteiger charge is 2.41. The zero-order valence-corrected chi connectivity index (χ0v) is 18.5. The van der Waals surface area contributed by atoms with Gasteiger partial charge in [-0.05, 0) is 66.8 Å². The Morgan fingerprint density at radius 3 is 2.70 bits per heavy atom. The molecule has 0 radical (unpaired) electrons. The van der Waals surface area contributed by atoms with E-state index in [0.717, 1.165) is 37.4 Å². The van der Waals surface area contributed by atoms with Crippen molar-refractivity contribution in [3.8, 4) is 0 Å². The molecular formula is C21H23Cl2F3N2OS. The standard InChI is InChI=1S/C21H22ClF3N2OS.ClH/c22-18-15(5-3-6-16(18)21(23,24)25)20(28)26-19(13-9-11-29-12-13)17-8-7-14-4-1-2-10-27(14)17;/h3,5-6,9,11-12,14,17,19H,1-2,4,7-8,10H2,(H,26,28);1H/t14-,17-,19?;/m0./s1. The number of carbonyl (C=O) groups excluding carboxylic acids is 1. The molecule has 0 bridgehead atoms. The number of nitrogens with one attached hydrogen (secondary N) is 1. The van der Waals surface area contributed by atoms with Crippen molar-refractivity contribution in [2.45, 2.75) is 56.4 Å². The lowest BCUT2D eigenvalue weighted by atomic mass is 9.98. The maximum absolute atomic E-state index is 13.2. The molecule has 2 aromatic rings. The molecule has 164 valence electrons. The van der Waals surface area contributed by atoms with Crippen LogP contribution in [0.5, 0.6) is 0 Å². The number of halogens is 5. The second-order valence-corrected chi connectivity index (χ2v) is 8.86. The van der Waals surface area contributed by atoms with E-state index in [2.05, 4.69) is 10.2 Å². The van der Waals surface area contributed by atoms with Crippen LogP contribution in [0, 0.1) is 0 Å². The first-order chi connectivity index (χ1) is 13.9. The number of amides is 1. The number of thiophene rings is 1. The van der Waals surface area contributed by atoms with Gasteiger partial charge < -0.3 is 5.32 Å². The second-order valence-electron chi connectivity index (χ2n) is 7.70. The summed E-state index contributed by atoms with van der Waals surface area (Å²) >= 11 is 7.52. The molecule has 1 aromatic carbocycles. The predicted molar refractivity (Wildman–Crippen MR) is 116 cm³/mol. The van der Waals surface area contributed by atoms with Gasteiger partial charge >= 0.3 is 6.18 Å². The van der Waals surface area contributed by atoms with Gasteiger partial charge in [0, 0.05) is 12.1 Å². The minimum Gasteiger partial charge on any atom is -0.344 e. The van der Waals surface area contributed by atoms with Crippen LogP contribution in [0.1, 0.15) is 59.6 Å². The highest BCUT2D eigenvalue weighted by Crippen LogP contribution is 2.39. The molecule has 2 aliphatic rings. The molecule has 1 N–H and O–H groups in total. The molecule has 3 heterocycles. The summed E-state index contributed by atoms with van der Waals surface area (Å²) in [4.78, 5) is 15.5. The fraction of sp³-hybridized carbons (Fsp3) is 0.476. The summed E-state index contributed by atoms with van der Waals surface area (Å²) in [5, 5.41) is 6.40. The Morgan fingerprint density at radius 2 is 2.00 bits per heavy atom. The van der Waals surface area contributed by atoms with Crippen LogP contribution in [0.3, 0.4) is 0 Å². The molecular weight excluding hydrogens is 456 g/mol. The molecule has 1 amide bonds. The lowest BCUT2D eigenvalue weighted by molar-refractivity contribution is -0.137. The molecule has 2 aliphatic heterocycles. The number of nitrogens with zero attached hydrogens (tertiary/aromatic N) is 1. The van der Waals surface area contributed by atoms with Gasteiger partial charge in [0.25, 0.3) is 5.91 Å². The molecule has 1 unspecified atom stereocenters. The molecule has 0 spiro atoms. The van der Waals surface area contributed by atoms with Gasteiger partial charge in [0.15, 0.2) is 0 Å². The highest BCUT2D eigenvalue weighted by atomic mass is 35.5. The van der Waals surface area contributed by atoms with Crippen LogP contribution in [-0.2, 0) is 6.18 Å². The topological polar surface area (TPSA) is 32.3 Å². The van der Waals surface area contributed by atoms with Gasteiger partial charge in [-0.15, -0.1) is 12.4 Å². The normalized spacial score (nSPS) is 22.8. The third-order valence-corrected chi connectivity index (χ3v) is 7.13. The first kappa shape index (κ1) is 23.4. The van der Waals surface area contributed by atoms with Gasteiger partial charge in [-0.25, -0.2) is 0 Å². The SMILES string of the molecule is Cl.O=C(NC(c1ccsc1)[C@@H]1CC[C@@H]2CCCCN21)c1cccc(C(F)(F)F)c1Cl. The van der Waals surface area contributed by atoms with Crippen molar-refractivity contribution in [2.24, 2.45) is 0 Å². The summed E-state index contributed by atoms with van der Waals surface area (Å²) < 4.78 is 39.6. The lowest BCUT2D eigenvalue weighted by Gasteiger charge is -2.38. The minimum atomic E-state index is -4.60. The monoisotopic (exact) mass is 478 g/mol. The van der Waals surface area contributed by atoms with Crippen LogP contribution in [0.4, 0.5) is 13.2 Å². The molecule has 3 nitrogen and oxygen atoms in total. The Morgan fingerprint density at radius 1 is 1.20 bits per heavy atom. The fourth-order valence-electron chi connectivity index (χ4n) is 4.66. The Balaban J connectivity index is 0.00000256. The van der Waals surface area contributed by atoms with E-state index in [9.17, 15) is 18.0 Å². The van der Waals surface area contributed by atoms with Crippen molar-refractivity contribution < 1.29 is 18.0 Å². The zero-order chi connectivity index (χ0) is 20.6. The third kappa shape index (κ3) is 4.64. The van der Waals surface area contributed by atoms with Crippen LogP contribution in [0.2, 0.25) is 5.02 Å². The molecule has 2 saturated heterocycles. The van der Waals surface area contributed by atoms with Gasteiger partial charge in [-0.2, -0.15) is 24.5 Å². The number of benzene rings is 1. The molecule has 0 saturated carbocycles. The lowest BCUT2D eigenvalue weighted by Crippen LogP contribution is -2.47. The molecule has 0 aliphatic carbocycles.